The number of carbonyl (C=O) groups is 3. The van der Waals surface area contributed by atoms with Gasteiger partial charge in [0.05, 0.1) is 0 Å². The van der Waals surface area contributed by atoms with E-state index in [0.717, 1.165) is 22.3 Å². The number of carbonyl (C=O) groups excluding carboxylic acids is 2. The van der Waals surface area contributed by atoms with Crippen molar-refractivity contribution in [3.63, 3.8) is 0 Å². The topological polar surface area (TPSA) is 105 Å². The molecule has 2 amide bonds. The highest BCUT2D eigenvalue weighted by atomic mass is 16.6. The lowest BCUT2D eigenvalue weighted by Crippen LogP contribution is -2.59. The zero-order valence-corrected chi connectivity index (χ0v) is 20.5. The Morgan fingerprint density at radius 2 is 1.57 bits per heavy atom. The van der Waals surface area contributed by atoms with Crippen molar-refractivity contribution in [1.29, 1.82) is 0 Å². The molecule has 0 radical (unpaired) electrons. The quantitative estimate of drug-likeness (QED) is 0.617. The van der Waals surface area contributed by atoms with Gasteiger partial charge in [0, 0.05) is 18.0 Å². The third kappa shape index (κ3) is 5.26. The maximum atomic E-state index is 13.1. The fourth-order valence-corrected chi connectivity index (χ4v) is 4.82. The maximum absolute atomic E-state index is 13.1. The molecular formula is C27H32N2O6. The van der Waals surface area contributed by atoms with Crippen LogP contribution in [0.5, 0.6) is 0 Å². The second kappa shape index (κ2) is 9.60. The molecule has 0 saturated heterocycles. The molecule has 1 unspecified atom stereocenters. The van der Waals surface area contributed by atoms with Crippen LogP contribution in [0.1, 0.15) is 57.6 Å². The Balaban J connectivity index is 1.42. The highest BCUT2D eigenvalue weighted by Gasteiger charge is 2.42. The molecule has 8 nitrogen and oxygen atoms in total. The average Bonchev–Trinajstić information content (AvgIpc) is 3.08. The number of ether oxygens (including phenoxy) is 2. The van der Waals surface area contributed by atoms with Crippen molar-refractivity contribution in [2.45, 2.75) is 70.2 Å². The molecule has 0 aliphatic heterocycles. The first-order valence-electron chi connectivity index (χ1n) is 11.9. The molecule has 1 fully saturated rings. The Kier molecular flexibility index (Phi) is 6.74. The van der Waals surface area contributed by atoms with E-state index in [4.69, 9.17) is 9.47 Å². The van der Waals surface area contributed by atoms with Crippen molar-refractivity contribution < 1.29 is 29.0 Å². The Hall–Kier alpha value is -3.55. The molecule has 1 saturated carbocycles. The highest BCUT2D eigenvalue weighted by molar-refractivity contribution is 5.81. The van der Waals surface area contributed by atoms with Crippen LogP contribution in [0.3, 0.4) is 0 Å². The molecule has 4 rings (SSSR count). The summed E-state index contributed by atoms with van der Waals surface area (Å²) in [5, 5.41) is 12.4. The van der Waals surface area contributed by atoms with Gasteiger partial charge in [-0.2, -0.15) is 0 Å². The van der Waals surface area contributed by atoms with Crippen LogP contribution in [0.15, 0.2) is 48.5 Å². The third-order valence-electron chi connectivity index (χ3n) is 6.55. The molecule has 2 aliphatic rings. The van der Waals surface area contributed by atoms with E-state index < -0.39 is 29.8 Å². The van der Waals surface area contributed by atoms with Crippen molar-refractivity contribution in [3.05, 3.63) is 59.7 Å². The van der Waals surface area contributed by atoms with E-state index in [1.54, 1.807) is 20.8 Å². The summed E-state index contributed by atoms with van der Waals surface area (Å²) in [6.45, 7) is 6.93. The fourth-order valence-electron chi connectivity index (χ4n) is 4.82. The normalized spacial score (nSPS) is 19.5. The first-order valence-corrected chi connectivity index (χ1v) is 11.9. The van der Waals surface area contributed by atoms with Crippen LogP contribution in [-0.4, -0.2) is 58.5 Å². The van der Waals surface area contributed by atoms with E-state index in [1.807, 2.05) is 36.4 Å². The first-order chi connectivity index (χ1) is 16.5. The summed E-state index contributed by atoms with van der Waals surface area (Å²) in [5.41, 5.74) is 3.80. The predicted molar refractivity (Wildman–Crippen MR) is 130 cm³/mol. The lowest BCUT2D eigenvalue weighted by atomic mass is 9.85. The number of carboxylic acid groups (broad SMARTS) is 1. The van der Waals surface area contributed by atoms with E-state index in [9.17, 15) is 19.5 Å². The molecular weight excluding hydrogens is 448 g/mol. The number of aliphatic carboxylic acids is 1. The summed E-state index contributed by atoms with van der Waals surface area (Å²) >= 11 is 0. The Morgan fingerprint density at radius 1 is 1.03 bits per heavy atom. The maximum Gasteiger partial charge on any atom is 0.410 e. The van der Waals surface area contributed by atoms with Crippen molar-refractivity contribution in [2.24, 2.45) is 0 Å². The van der Waals surface area contributed by atoms with Gasteiger partial charge in [-0.15, -0.1) is 0 Å². The molecule has 0 bridgehead atoms. The van der Waals surface area contributed by atoms with Gasteiger partial charge in [-0.25, -0.2) is 14.4 Å². The van der Waals surface area contributed by atoms with E-state index in [-0.39, 0.29) is 24.6 Å². The van der Waals surface area contributed by atoms with Gasteiger partial charge >= 0.3 is 18.2 Å². The SMILES string of the molecule is CC(C(=O)O)N(C(=O)OCC1c2ccccc2-c2ccccc21)C1CC(NC(=O)OC(C)(C)C)C1. The second-order valence-electron chi connectivity index (χ2n) is 10.2. The van der Waals surface area contributed by atoms with E-state index >= 15 is 0 Å². The minimum Gasteiger partial charge on any atom is -0.480 e. The molecule has 1 atom stereocenters. The number of hydrogen-bond donors (Lipinski definition) is 2. The summed E-state index contributed by atoms with van der Waals surface area (Å²) in [6.07, 6.45) is -0.329. The zero-order valence-electron chi connectivity index (χ0n) is 20.5. The smallest absolute Gasteiger partial charge is 0.410 e. The van der Waals surface area contributed by atoms with Gasteiger partial charge in [-0.1, -0.05) is 48.5 Å². The summed E-state index contributed by atoms with van der Waals surface area (Å²) in [4.78, 5) is 38.2. The molecule has 2 aromatic rings. The number of carboxylic acids is 1. The van der Waals surface area contributed by atoms with Crippen LogP contribution in [0.4, 0.5) is 9.59 Å². The Labute approximate surface area is 205 Å². The number of amides is 2. The van der Waals surface area contributed by atoms with Crippen LogP contribution in [0, 0.1) is 0 Å². The van der Waals surface area contributed by atoms with Crippen molar-refractivity contribution in [1.82, 2.24) is 10.2 Å². The van der Waals surface area contributed by atoms with Crippen molar-refractivity contribution in [3.8, 4) is 11.1 Å². The summed E-state index contributed by atoms with van der Waals surface area (Å²) < 4.78 is 11.0. The Morgan fingerprint density at radius 3 is 2.09 bits per heavy atom. The molecule has 0 heterocycles. The van der Waals surface area contributed by atoms with Gasteiger partial charge in [0.15, 0.2) is 0 Å². The summed E-state index contributed by atoms with van der Waals surface area (Å²) in [7, 11) is 0. The molecule has 0 spiro atoms. The number of rotatable bonds is 6. The van der Waals surface area contributed by atoms with Crippen molar-refractivity contribution in [2.75, 3.05) is 6.61 Å². The number of fused-ring (bicyclic) bond motifs is 3. The van der Waals surface area contributed by atoms with Gasteiger partial charge in [-0.3, -0.25) is 4.90 Å². The lowest BCUT2D eigenvalue weighted by molar-refractivity contribution is -0.143. The van der Waals surface area contributed by atoms with Crippen LogP contribution >= 0.6 is 0 Å². The van der Waals surface area contributed by atoms with E-state index in [1.165, 1.54) is 11.8 Å². The molecule has 2 aliphatic carbocycles. The summed E-state index contributed by atoms with van der Waals surface area (Å²) in [5.74, 6) is -1.22. The van der Waals surface area contributed by atoms with Gasteiger partial charge in [-0.05, 0) is 62.8 Å². The molecule has 2 aromatic carbocycles. The van der Waals surface area contributed by atoms with Crippen molar-refractivity contribution >= 4 is 18.2 Å². The molecule has 35 heavy (non-hydrogen) atoms. The van der Waals surface area contributed by atoms with Crippen LogP contribution in [0.2, 0.25) is 0 Å². The van der Waals surface area contributed by atoms with Gasteiger partial charge in [0.25, 0.3) is 0 Å². The molecule has 2 N–H and O–H groups in total. The number of alkyl carbamates (subject to hydrolysis) is 1. The van der Waals surface area contributed by atoms with Crippen LogP contribution in [0.25, 0.3) is 11.1 Å². The van der Waals surface area contributed by atoms with Gasteiger partial charge < -0.3 is 19.9 Å². The zero-order chi connectivity index (χ0) is 25.3. The standard InChI is InChI=1S/C27H32N2O6/c1-16(24(30)31)29(18-13-17(14-18)28-25(32)35-27(2,3)4)26(33)34-15-23-21-11-7-5-9-19(21)20-10-6-8-12-22(20)23/h5-12,16-18,23H,13-15H2,1-4H3,(H,28,32)(H,30,31). The minimum absolute atomic E-state index is 0.113. The van der Waals surface area contributed by atoms with Crippen LogP contribution in [-0.2, 0) is 14.3 Å². The second-order valence-corrected chi connectivity index (χ2v) is 10.2. The molecule has 8 heteroatoms. The number of benzene rings is 2. The average molecular weight is 481 g/mol. The monoisotopic (exact) mass is 480 g/mol. The number of hydrogen-bond acceptors (Lipinski definition) is 5. The summed E-state index contributed by atoms with van der Waals surface area (Å²) in [6, 6.07) is 14.5. The first kappa shape index (κ1) is 24.6. The van der Waals surface area contributed by atoms with Gasteiger partial charge in [0.1, 0.15) is 18.2 Å². The lowest BCUT2D eigenvalue weighted by Gasteiger charge is -2.44. The van der Waals surface area contributed by atoms with E-state index in [0.29, 0.717) is 12.8 Å². The Bertz CT molecular complexity index is 1070. The minimum atomic E-state index is -1.11. The molecule has 186 valence electrons. The highest BCUT2D eigenvalue weighted by Crippen LogP contribution is 2.44. The molecule has 0 aromatic heterocycles. The number of nitrogens with one attached hydrogen (secondary N) is 1. The van der Waals surface area contributed by atoms with E-state index in [2.05, 4.69) is 17.4 Å². The number of nitrogens with zero attached hydrogens (tertiary/aromatic N) is 1. The largest absolute Gasteiger partial charge is 0.480 e. The van der Waals surface area contributed by atoms with Crippen LogP contribution < -0.4 is 5.32 Å². The van der Waals surface area contributed by atoms with Gasteiger partial charge in [0.2, 0.25) is 0 Å². The third-order valence-corrected chi connectivity index (χ3v) is 6.55. The fraction of sp³-hybridized carbons (Fsp3) is 0.444. The predicted octanol–water partition coefficient (Wildman–Crippen LogP) is 4.77.